The highest BCUT2D eigenvalue weighted by atomic mass is 16.5. The molecule has 3 rings (SSSR count). The van der Waals surface area contributed by atoms with Crippen LogP contribution in [-0.4, -0.2) is 50.8 Å². The number of para-hydroxylation sites is 2. The fourth-order valence-electron chi connectivity index (χ4n) is 3.21. The number of methoxy groups -OCH3 is 1. The molecule has 0 N–H and O–H groups in total. The van der Waals surface area contributed by atoms with E-state index >= 15 is 0 Å². The molecule has 27 heavy (non-hydrogen) atoms. The molecule has 1 aliphatic rings. The molecule has 1 aliphatic heterocycles. The van der Waals surface area contributed by atoms with Crippen molar-refractivity contribution in [3.63, 3.8) is 0 Å². The van der Waals surface area contributed by atoms with Gasteiger partial charge in [0.2, 0.25) is 0 Å². The SMILES string of the molecule is COCCOCC1CCN(C(=O)c2ccccc2Oc2ccccc2)CC1. The molecular formula is C22H27NO4. The molecule has 1 heterocycles. The third-order valence-corrected chi connectivity index (χ3v) is 4.78. The monoisotopic (exact) mass is 369 g/mol. The minimum Gasteiger partial charge on any atom is -0.457 e. The quantitative estimate of drug-likeness (QED) is 0.660. The highest BCUT2D eigenvalue weighted by molar-refractivity contribution is 5.97. The lowest BCUT2D eigenvalue weighted by molar-refractivity contribution is 0.0327. The highest BCUT2D eigenvalue weighted by Crippen LogP contribution is 2.27. The lowest BCUT2D eigenvalue weighted by atomic mass is 9.97. The van der Waals surface area contributed by atoms with Gasteiger partial charge in [0.05, 0.1) is 18.8 Å². The molecular weight excluding hydrogens is 342 g/mol. The van der Waals surface area contributed by atoms with Crippen LogP contribution in [0.4, 0.5) is 0 Å². The zero-order chi connectivity index (χ0) is 18.9. The number of carbonyl (C=O) groups excluding carboxylic acids is 1. The Morgan fingerprint density at radius 2 is 1.70 bits per heavy atom. The standard InChI is InChI=1S/C22H27NO4/c1-25-15-16-26-17-18-11-13-23(14-12-18)22(24)20-9-5-6-10-21(20)27-19-7-3-2-4-8-19/h2-10,18H,11-17H2,1H3. The molecule has 0 spiro atoms. The third kappa shape index (κ3) is 5.55. The molecule has 2 aromatic rings. The number of hydrogen-bond donors (Lipinski definition) is 0. The van der Waals surface area contributed by atoms with Crippen LogP contribution in [0.5, 0.6) is 11.5 Å². The normalized spacial score (nSPS) is 14.9. The maximum atomic E-state index is 13.0. The number of ether oxygens (including phenoxy) is 3. The van der Waals surface area contributed by atoms with Crippen LogP contribution in [0, 0.1) is 5.92 Å². The van der Waals surface area contributed by atoms with E-state index in [-0.39, 0.29) is 5.91 Å². The van der Waals surface area contributed by atoms with Crippen molar-refractivity contribution >= 4 is 5.91 Å². The molecule has 144 valence electrons. The largest absolute Gasteiger partial charge is 0.457 e. The Hall–Kier alpha value is -2.37. The number of nitrogens with zero attached hydrogens (tertiary/aromatic N) is 1. The van der Waals surface area contributed by atoms with Gasteiger partial charge in [-0.3, -0.25) is 4.79 Å². The van der Waals surface area contributed by atoms with Crippen LogP contribution in [-0.2, 0) is 9.47 Å². The van der Waals surface area contributed by atoms with Gasteiger partial charge in [-0.05, 0) is 43.0 Å². The van der Waals surface area contributed by atoms with E-state index in [0.717, 1.165) is 38.3 Å². The molecule has 1 amide bonds. The molecule has 0 atom stereocenters. The van der Waals surface area contributed by atoms with Gasteiger partial charge in [0.25, 0.3) is 5.91 Å². The average Bonchev–Trinajstić information content (AvgIpc) is 2.72. The third-order valence-electron chi connectivity index (χ3n) is 4.78. The van der Waals surface area contributed by atoms with Gasteiger partial charge in [-0.1, -0.05) is 30.3 Å². The molecule has 2 aromatic carbocycles. The van der Waals surface area contributed by atoms with Gasteiger partial charge < -0.3 is 19.1 Å². The number of rotatable bonds is 8. The van der Waals surface area contributed by atoms with Crippen LogP contribution in [0.2, 0.25) is 0 Å². The Bertz CT molecular complexity index is 711. The van der Waals surface area contributed by atoms with Gasteiger partial charge in [-0.2, -0.15) is 0 Å². The second-order valence-electron chi connectivity index (χ2n) is 6.71. The van der Waals surface area contributed by atoms with E-state index in [2.05, 4.69) is 0 Å². The van der Waals surface area contributed by atoms with Gasteiger partial charge in [0, 0.05) is 26.8 Å². The first-order valence-corrected chi connectivity index (χ1v) is 9.46. The Labute approximate surface area is 160 Å². The number of carbonyl (C=O) groups is 1. The zero-order valence-corrected chi connectivity index (χ0v) is 15.8. The maximum Gasteiger partial charge on any atom is 0.257 e. The molecule has 0 saturated carbocycles. The van der Waals surface area contributed by atoms with Crippen molar-refractivity contribution in [3.05, 3.63) is 60.2 Å². The summed E-state index contributed by atoms with van der Waals surface area (Å²) < 4.78 is 16.6. The number of piperidine rings is 1. The van der Waals surface area contributed by atoms with Gasteiger partial charge in [-0.15, -0.1) is 0 Å². The summed E-state index contributed by atoms with van der Waals surface area (Å²) in [7, 11) is 1.67. The fourth-order valence-corrected chi connectivity index (χ4v) is 3.21. The average molecular weight is 369 g/mol. The van der Waals surface area contributed by atoms with Crippen LogP contribution in [0.15, 0.2) is 54.6 Å². The van der Waals surface area contributed by atoms with Crippen molar-refractivity contribution < 1.29 is 19.0 Å². The molecule has 0 bridgehead atoms. The van der Waals surface area contributed by atoms with E-state index in [1.807, 2.05) is 59.5 Å². The van der Waals surface area contributed by atoms with Crippen molar-refractivity contribution in [1.82, 2.24) is 4.90 Å². The van der Waals surface area contributed by atoms with Crippen LogP contribution >= 0.6 is 0 Å². The number of amides is 1. The van der Waals surface area contributed by atoms with E-state index in [0.29, 0.717) is 30.4 Å². The summed E-state index contributed by atoms with van der Waals surface area (Å²) in [4.78, 5) is 14.9. The first-order chi connectivity index (χ1) is 13.3. The summed E-state index contributed by atoms with van der Waals surface area (Å²) in [6, 6.07) is 17.0. The molecule has 5 nitrogen and oxygen atoms in total. The summed E-state index contributed by atoms with van der Waals surface area (Å²) in [5.41, 5.74) is 0.608. The smallest absolute Gasteiger partial charge is 0.257 e. The Morgan fingerprint density at radius 1 is 1.00 bits per heavy atom. The fraction of sp³-hybridized carbons (Fsp3) is 0.409. The first kappa shape index (κ1) is 19.4. The van der Waals surface area contributed by atoms with Gasteiger partial charge in [0.1, 0.15) is 11.5 Å². The van der Waals surface area contributed by atoms with Gasteiger partial charge >= 0.3 is 0 Å². The molecule has 1 fully saturated rings. The van der Waals surface area contributed by atoms with Crippen LogP contribution in [0.1, 0.15) is 23.2 Å². The lowest BCUT2D eigenvalue weighted by Crippen LogP contribution is -2.39. The summed E-state index contributed by atoms with van der Waals surface area (Å²) in [6.45, 7) is 3.47. The summed E-state index contributed by atoms with van der Waals surface area (Å²) >= 11 is 0. The molecule has 1 saturated heterocycles. The number of likely N-dealkylation sites (tertiary alicyclic amines) is 1. The van der Waals surface area contributed by atoms with E-state index in [9.17, 15) is 4.79 Å². The number of hydrogen-bond acceptors (Lipinski definition) is 4. The maximum absolute atomic E-state index is 13.0. The molecule has 0 unspecified atom stereocenters. The molecule has 0 radical (unpaired) electrons. The van der Waals surface area contributed by atoms with E-state index in [4.69, 9.17) is 14.2 Å². The summed E-state index contributed by atoms with van der Waals surface area (Å²) in [5.74, 6) is 1.85. The van der Waals surface area contributed by atoms with Crippen molar-refractivity contribution in [1.29, 1.82) is 0 Å². The Kier molecular flexibility index (Phi) is 7.25. The Balaban J connectivity index is 1.57. The van der Waals surface area contributed by atoms with Crippen LogP contribution < -0.4 is 4.74 Å². The van der Waals surface area contributed by atoms with E-state index in [1.54, 1.807) is 7.11 Å². The van der Waals surface area contributed by atoms with Crippen molar-refractivity contribution in [3.8, 4) is 11.5 Å². The Morgan fingerprint density at radius 3 is 2.44 bits per heavy atom. The summed E-state index contributed by atoms with van der Waals surface area (Å²) in [5, 5.41) is 0. The van der Waals surface area contributed by atoms with Crippen molar-refractivity contribution in [2.24, 2.45) is 5.92 Å². The minimum atomic E-state index is 0.0280. The second-order valence-corrected chi connectivity index (χ2v) is 6.71. The molecule has 5 heteroatoms. The highest BCUT2D eigenvalue weighted by Gasteiger charge is 2.25. The van der Waals surface area contributed by atoms with Crippen molar-refractivity contribution in [2.45, 2.75) is 12.8 Å². The van der Waals surface area contributed by atoms with Crippen LogP contribution in [0.25, 0.3) is 0 Å². The molecule has 0 aromatic heterocycles. The first-order valence-electron chi connectivity index (χ1n) is 9.46. The predicted octanol–water partition coefficient (Wildman–Crippen LogP) is 3.99. The zero-order valence-electron chi connectivity index (χ0n) is 15.8. The van der Waals surface area contributed by atoms with Crippen molar-refractivity contribution in [2.75, 3.05) is 40.0 Å². The molecule has 0 aliphatic carbocycles. The van der Waals surface area contributed by atoms with Crippen LogP contribution in [0.3, 0.4) is 0 Å². The second kappa shape index (κ2) is 10.1. The summed E-state index contributed by atoms with van der Waals surface area (Å²) in [6.07, 6.45) is 1.92. The van der Waals surface area contributed by atoms with E-state index < -0.39 is 0 Å². The van der Waals surface area contributed by atoms with Gasteiger partial charge in [0.15, 0.2) is 0 Å². The van der Waals surface area contributed by atoms with Gasteiger partial charge in [-0.25, -0.2) is 0 Å². The lowest BCUT2D eigenvalue weighted by Gasteiger charge is -2.32. The predicted molar refractivity (Wildman–Crippen MR) is 104 cm³/mol. The minimum absolute atomic E-state index is 0.0280. The topological polar surface area (TPSA) is 48.0 Å². The number of benzene rings is 2. The van der Waals surface area contributed by atoms with E-state index in [1.165, 1.54) is 0 Å².